The largest absolute Gasteiger partial charge is 0.417 e. The van der Waals surface area contributed by atoms with Crippen LogP contribution in [-0.2, 0) is 33.7 Å². The molecule has 38 heavy (non-hydrogen) atoms. The lowest BCUT2D eigenvalue weighted by molar-refractivity contribution is -0.124. The lowest BCUT2D eigenvalue weighted by Gasteiger charge is -2.26. The normalized spacial score (nSPS) is 13.1. The molecule has 2 aromatic carbocycles. The Kier molecular flexibility index (Phi) is 12.7. The maximum Gasteiger partial charge on any atom is 0.299 e. The third kappa shape index (κ3) is 8.89. The molecule has 1 aliphatic heterocycles. The molecule has 2 aromatic rings. The minimum absolute atomic E-state index is 0.0313. The Morgan fingerprint density at radius 1 is 0.947 bits per heavy atom. The van der Waals surface area contributed by atoms with Crippen molar-refractivity contribution in [3.8, 4) is 6.07 Å². The van der Waals surface area contributed by atoms with Gasteiger partial charge in [0.15, 0.2) is 0 Å². The van der Waals surface area contributed by atoms with Crippen molar-refractivity contribution < 1.29 is 14.3 Å². The number of nitrogens with zero attached hydrogens (tertiary/aromatic N) is 2. The van der Waals surface area contributed by atoms with Crippen molar-refractivity contribution in [2.45, 2.75) is 84.7 Å². The molecule has 5 nitrogen and oxygen atoms in total. The summed E-state index contributed by atoms with van der Waals surface area (Å²) < 4.78 is 10.6. The molecule has 0 saturated carbocycles. The molecule has 1 aliphatic rings. The van der Waals surface area contributed by atoms with E-state index in [-0.39, 0.29) is 12.2 Å². The summed E-state index contributed by atoms with van der Waals surface area (Å²) in [6, 6.07) is 15.1. The summed E-state index contributed by atoms with van der Waals surface area (Å²) in [6.07, 6.45) is 17.6. The van der Waals surface area contributed by atoms with Crippen LogP contribution >= 0.6 is 0 Å². The van der Waals surface area contributed by atoms with Crippen LogP contribution in [0.25, 0.3) is 6.08 Å². The average Bonchev–Trinajstić information content (AvgIpc) is 3.09. The third-order valence-corrected chi connectivity index (χ3v) is 7.04. The number of carbonyl (C=O) groups is 1. The first kappa shape index (κ1) is 29.2. The molecule has 0 fully saturated rings. The summed E-state index contributed by atoms with van der Waals surface area (Å²) in [5.41, 5.74) is 7.45. The van der Waals surface area contributed by atoms with Crippen LogP contribution in [0.2, 0.25) is 0 Å². The van der Waals surface area contributed by atoms with Gasteiger partial charge in [0.25, 0.3) is 6.47 Å². The Hall–Kier alpha value is -3.36. The number of nitriles is 1. The van der Waals surface area contributed by atoms with Gasteiger partial charge in [-0.1, -0.05) is 82.2 Å². The lowest BCUT2D eigenvalue weighted by atomic mass is 10.0. The molecular weight excluding hydrogens is 472 g/mol. The second kappa shape index (κ2) is 16.5. The first-order valence-corrected chi connectivity index (χ1v) is 14.2. The van der Waals surface area contributed by atoms with Gasteiger partial charge in [-0.05, 0) is 72.7 Å². The topological polar surface area (TPSA) is 62.6 Å². The third-order valence-electron chi connectivity index (χ3n) is 7.04. The van der Waals surface area contributed by atoms with Gasteiger partial charge in [0.2, 0.25) is 5.76 Å². The number of allylic oxidation sites excluding steroid dienone is 3. The molecule has 0 aliphatic carbocycles. The van der Waals surface area contributed by atoms with Crippen molar-refractivity contribution in [3.05, 3.63) is 76.6 Å². The Bertz CT molecular complexity index is 1130. The molecule has 0 bridgehead atoms. The van der Waals surface area contributed by atoms with Crippen LogP contribution in [0.5, 0.6) is 0 Å². The standard InChI is InChI=1S/C33H42N2O3/c1-3-5-6-7-8-9-10-11-21-37-25-28-16-20-33-30(23-28)18-17-29-22-27(15-19-32(29)35(33)4-2)13-12-14-31(24-34)38-26-36/h12-16,19-20,22-23,26H,3-11,17-18,21,25H2,1-2H3/b13-12+,31-14-. The summed E-state index contributed by atoms with van der Waals surface area (Å²) in [6.45, 7) is 7.11. The van der Waals surface area contributed by atoms with Crippen molar-refractivity contribution >= 4 is 23.9 Å². The molecule has 0 unspecified atom stereocenters. The molecule has 0 saturated heterocycles. The molecule has 1 heterocycles. The van der Waals surface area contributed by atoms with Gasteiger partial charge >= 0.3 is 0 Å². The average molecular weight is 515 g/mol. The van der Waals surface area contributed by atoms with Crippen LogP contribution in [0.4, 0.5) is 11.4 Å². The minimum Gasteiger partial charge on any atom is -0.417 e. The second-order valence-corrected chi connectivity index (χ2v) is 9.84. The van der Waals surface area contributed by atoms with E-state index in [1.807, 2.05) is 12.1 Å². The van der Waals surface area contributed by atoms with Crippen molar-refractivity contribution in [2.24, 2.45) is 0 Å². The van der Waals surface area contributed by atoms with E-state index < -0.39 is 0 Å². The molecule has 0 radical (unpaired) electrons. The van der Waals surface area contributed by atoms with Gasteiger partial charge in [-0.2, -0.15) is 5.26 Å². The molecule has 5 heteroatoms. The van der Waals surface area contributed by atoms with E-state index in [1.54, 1.807) is 6.08 Å². The van der Waals surface area contributed by atoms with Crippen LogP contribution in [0.1, 0.15) is 87.5 Å². The fourth-order valence-corrected chi connectivity index (χ4v) is 5.03. The number of benzene rings is 2. The quantitative estimate of drug-likeness (QED) is 0.0743. The zero-order valence-electron chi connectivity index (χ0n) is 23.1. The number of hydrogen-bond acceptors (Lipinski definition) is 5. The van der Waals surface area contributed by atoms with E-state index in [2.05, 4.69) is 59.9 Å². The molecular formula is C33H42N2O3. The van der Waals surface area contributed by atoms with Crippen LogP contribution in [0.3, 0.4) is 0 Å². The Morgan fingerprint density at radius 2 is 1.63 bits per heavy atom. The van der Waals surface area contributed by atoms with Crippen molar-refractivity contribution in [1.29, 1.82) is 5.26 Å². The number of unbranched alkanes of at least 4 members (excludes halogenated alkanes) is 7. The van der Waals surface area contributed by atoms with Gasteiger partial charge in [-0.3, -0.25) is 4.79 Å². The number of fused-ring (bicyclic) bond motifs is 2. The molecule has 0 N–H and O–H groups in total. The van der Waals surface area contributed by atoms with Crippen LogP contribution < -0.4 is 4.90 Å². The molecule has 0 spiro atoms. The van der Waals surface area contributed by atoms with E-state index in [0.29, 0.717) is 6.61 Å². The first-order chi connectivity index (χ1) is 18.7. The highest BCUT2D eigenvalue weighted by Gasteiger charge is 2.20. The second-order valence-electron chi connectivity index (χ2n) is 9.84. The zero-order chi connectivity index (χ0) is 27.0. The van der Waals surface area contributed by atoms with Gasteiger partial charge in [0.1, 0.15) is 6.07 Å². The number of carbonyl (C=O) groups excluding carboxylic acids is 1. The van der Waals surface area contributed by atoms with Crippen LogP contribution in [0.15, 0.2) is 54.3 Å². The summed E-state index contributed by atoms with van der Waals surface area (Å²) in [4.78, 5) is 12.8. The summed E-state index contributed by atoms with van der Waals surface area (Å²) >= 11 is 0. The summed E-state index contributed by atoms with van der Waals surface area (Å²) in [7, 11) is 0. The van der Waals surface area contributed by atoms with E-state index in [0.717, 1.165) is 38.0 Å². The number of hydrogen-bond donors (Lipinski definition) is 0. The van der Waals surface area contributed by atoms with Gasteiger partial charge in [-0.15, -0.1) is 0 Å². The van der Waals surface area contributed by atoms with Crippen molar-refractivity contribution in [2.75, 3.05) is 18.1 Å². The fourth-order valence-electron chi connectivity index (χ4n) is 5.03. The number of rotatable bonds is 16. The van der Waals surface area contributed by atoms with Crippen molar-refractivity contribution in [1.82, 2.24) is 0 Å². The lowest BCUT2D eigenvalue weighted by Crippen LogP contribution is -2.17. The molecule has 0 aromatic heterocycles. The highest BCUT2D eigenvalue weighted by atomic mass is 16.5. The molecule has 202 valence electrons. The van der Waals surface area contributed by atoms with Crippen LogP contribution in [-0.4, -0.2) is 19.6 Å². The zero-order valence-corrected chi connectivity index (χ0v) is 23.1. The van der Waals surface area contributed by atoms with Crippen molar-refractivity contribution in [3.63, 3.8) is 0 Å². The van der Waals surface area contributed by atoms with E-state index in [1.165, 1.54) is 79.1 Å². The predicted octanol–water partition coefficient (Wildman–Crippen LogP) is 8.19. The van der Waals surface area contributed by atoms with E-state index >= 15 is 0 Å². The van der Waals surface area contributed by atoms with Gasteiger partial charge in [-0.25, -0.2) is 0 Å². The molecule has 3 rings (SSSR count). The Balaban J connectivity index is 1.57. The van der Waals surface area contributed by atoms with Gasteiger partial charge in [0.05, 0.1) is 6.61 Å². The Labute approximate surface area is 228 Å². The number of anilines is 2. The molecule has 0 atom stereocenters. The van der Waals surface area contributed by atoms with E-state index in [9.17, 15) is 4.79 Å². The predicted molar refractivity (Wildman–Crippen MR) is 155 cm³/mol. The summed E-state index contributed by atoms with van der Waals surface area (Å²) in [5.74, 6) is -0.0313. The van der Waals surface area contributed by atoms with E-state index in [4.69, 9.17) is 10.00 Å². The fraction of sp³-hybridized carbons (Fsp3) is 0.455. The maximum atomic E-state index is 10.5. The maximum absolute atomic E-state index is 10.5. The Morgan fingerprint density at radius 3 is 2.32 bits per heavy atom. The number of ether oxygens (including phenoxy) is 2. The first-order valence-electron chi connectivity index (χ1n) is 14.2. The molecule has 0 amide bonds. The highest BCUT2D eigenvalue weighted by Crippen LogP contribution is 2.37. The SMILES string of the molecule is CCCCCCCCCCOCc1ccc2c(c1)CCc1cc(/C=C/C=C(/C#N)OC=O)ccc1N2CC. The number of aryl methyl sites for hydroxylation is 2. The minimum atomic E-state index is -0.0313. The smallest absolute Gasteiger partial charge is 0.299 e. The van der Waals surface area contributed by atoms with Gasteiger partial charge < -0.3 is 14.4 Å². The monoisotopic (exact) mass is 514 g/mol. The summed E-state index contributed by atoms with van der Waals surface area (Å²) in [5, 5.41) is 8.98. The van der Waals surface area contributed by atoms with Gasteiger partial charge in [0, 0.05) is 24.5 Å². The van der Waals surface area contributed by atoms with Crippen LogP contribution in [0, 0.1) is 11.3 Å². The highest BCUT2D eigenvalue weighted by molar-refractivity contribution is 5.73.